The number of anilines is 1. The lowest BCUT2D eigenvalue weighted by Gasteiger charge is -2.29. The lowest BCUT2D eigenvalue weighted by atomic mass is 9.88. The van der Waals surface area contributed by atoms with Gasteiger partial charge < -0.3 is 5.32 Å². The van der Waals surface area contributed by atoms with E-state index in [1.165, 1.54) is 0 Å². The molecule has 0 fully saturated rings. The van der Waals surface area contributed by atoms with Crippen LogP contribution in [0.25, 0.3) is 0 Å². The van der Waals surface area contributed by atoms with Gasteiger partial charge in [-0.1, -0.05) is 20.8 Å². The minimum atomic E-state index is 0.184. The van der Waals surface area contributed by atoms with Gasteiger partial charge >= 0.3 is 0 Å². The number of aromatic nitrogens is 2. The van der Waals surface area contributed by atoms with Crippen LogP contribution in [0.4, 0.5) is 5.82 Å². The molecule has 0 saturated carbocycles. The zero-order valence-corrected chi connectivity index (χ0v) is 10.7. The number of hydrogen-bond donors (Lipinski definition) is 1. The van der Waals surface area contributed by atoms with Crippen molar-refractivity contribution in [1.29, 1.82) is 0 Å². The van der Waals surface area contributed by atoms with Gasteiger partial charge in [0.25, 0.3) is 0 Å². The molecule has 0 aromatic carbocycles. The Labute approximate surface area is 96.3 Å². The number of nitrogens with zero attached hydrogens (tertiary/aromatic N) is 2. The van der Waals surface area contributed by atoms with E-state index in [2.05, 4.69) is 43.0 Å². The molecule has 0 aliphatic rings. The van der Waals surface area contributed by atoms with Crippen molar-refractivity contribution in [3.63, 3.8) is 0 Å². The van der Waals surface area contributed by atoms with Crippen LogP contribution >= 0.6 is 11.6 Å². The first-order valence-corrected chi connectivity index (χ1v) is 5.44. The van der Waals surface area contributed by atoms with Crippen LogP contribution in [-0.4, -0.2) is 16.0 Å². The molecule has 15 heavy (non-hydrogen) atoms. The first kappa shape index (κ1) is 12.2. The highest BCUT2D eigenvalue weighted by atomic mass is 35.5. The Hall–Kier alpha value is -0.830. The van der Waals surface area contributed by atoms with Crippen LogP contribution < -0.4 is 5.32 Å². The maximum absolute atomic E-state index is 5.75. The van der Waals surface area contributed by atoms with Gasteiger partial charge in [-0.05, 0) is 30.9 Å². The van der Waals surface area contributed by atoms with Crippen LogP contribution in [0.3, 0.4) is 0 Å². The van der Waals surface area contributed by atoms with Crippen LogP contribution in [0, 0.1) is 12.3 Å². The summed E-state index contributed by atoms with van der Waals surface area (Å²) in [4.78, 5) is 8.09. The SMILES string of the molecule is Cc1cnc(Cl)nc1NC(C)C(C)(C)C. The Bertz CT molecular complexity index is 344. The van der Waals surface area contributed by atoms with E-state index in [0.29, 0.717) is 6.04 Å². The molecule has 0 saturated heterocycles. The molecule has 1 aromatic heterocycles. The topological polar surface area (TPSA) is 37.8 Å². The van der Waals surface area contributed by atoms with Gasteiger partial charge in [-0.2, -0.15) is 0 Å². The maximum Gasteiger partial charge on any atom is 0.224 e. The van der Waals surface area contributed by atoms with Crippen LogP contribution in [0.15, 0.2) is 6.20 Å². The smallest absolute Gasteiger partial charge is 0.224 e. The zero-order valence-electron chi connectivity index (χ0n) is 9.93. The predicted octanol–water partition coefficient (Wildman–Crippen LogP) is 3.28. The van der Waals surface area contributed by atoms with Gasteiger partial charge in [-0.25, -0.2) is 9.97 Å². The Morgan fingerprint density at radius 1 is 1.40 bits per heavy atom. The minimum absolute atomic E-state index is 0.184. The summed E-state index contributed by atoms with van der Waals surface area (Å²) in [6.07, 6.45) is 1.73. The van der Waals surface area contributed by atoms with Gasteiger partial charge in [0.05, 0.1) is 0 Å². The summed E-state index contributed by atoms with van der Waals surface area (Å²) in [6, 6.07) is 0.321. The highest BCUT2D eigenvalue weighted by Gasteiger charge is 2.20. The zero-order chi connectivity index (χ0) is 11.6. The van der Waals surface area contributed by atoms with Crippen molar-refractivity contribution in [2.24, 2.45) is 5.41 Å². The molecule has 0 bridgehead atoms. The summed E-state index contributed by atoms with van der Waals surface area (Å²) in [5.74, 6) is 0.817. The molecule has 0 radical (unpaired) electrons. The molecule has 3 nitrogen and oxygen atoms in total. The van der Waals surface area contributed by atoms with E-state index in [4.69, 9.17) is 11.6 Å². The summed E-state index contributed by atoms with van der Waals surface area (Å²) in [5, 5.41) is 3.64. The molecule has 1 aromatic rings. The highest BCUT2D eigenvalue weighted by molar-refractivity contribution is 6.28. The summed E-state index contributed by atoms with van der Waals surface area (Å²) >= 11 is 5.75. The monoisotopic (exact) mass is 227 g/mol. The number of hydrogen-bond acceptors (Lipinski definition) is 3. The second-order valence-electron chi connectivity index (χ2n) is 4.90. The Kier molecular flexibility index (Phi) is 3.55. The Morgan fingerprint density at radius 3 is 2.53 bits per heavy atom. The molecular formula is C11H18ClN3. The van der Waals surface area contributed by atoms with Crippen molar-refractivity contribution in [3.8, 4) is 0 Å². The minimum Gasteiger partial charge on any atom is -0.367 e. The lowest BCUT2D eigenvalue weighted by Crippen LogP contribution is -2.31. The van der Waals surface area contributed by atoms with Crippen molar-refractivity contribution in [2.75, 3.05) is 5.32 Å². The third kappa shape index (κ3) is 3.34. The van der Waals surface area contributed by atoms with Gasteiger partial charge in [0.1, 0.15) is 5.82 Å². The number of nitrogens with one attached hydrogen (secondary N) is 1. The van der Waals surface area contributed by atoms with Crippen molar-refractivity contribution in [3.05, 3.63) is 17.0 Å². The predicted molar refractivity (Wildman–Crippen MR) is 64.3 cm³/mol. The van der Waals surface area contributed by atoms with Crippen LogP contribution in [0.1, 0.15) is 33.3 Å². The van der Waals surface area contributed by atoms with E-state index in [-0.39, 0.29) is 10.7 Å². The Balaban J connectivity index is 2.85. The second kappa shape index (κ2) is 4.35. The lowest BCUT2D eigenvalue weighted by molar-refractivity contribution is 0.358. The molecular weight excluding hydrogens is 210 g/mol. The van der Waals surface area contributed by atoms with Gasteiger partial charge in [0.2, 0.25) is 5.28 Å². The molecule has 1 atom stereocenters. The summed E-state index contributed by atoms with van der Waals surface area (Å²) in [6.45, 7) is 10.7. The van der Waals surface area contributed by atoms with E-state index < -0.39 is 0 Å². The molecule has 1 heterocycles. The molecule has 4 heteroatoms. The summed E-state index contributed by atoms with van der Waals surface area (Å²) < 4.78 is 0. The fraction of sp³-hybridized carbons (Fsp3) is 0.636. The van der Waals surface area contributed by atoms with E-state index in [1.807, 2.05) is 6.92 Å². The molecule has 1 rings (SSSR count). The van der Waals surface area contributed by atoms with Crippen molar-refractivity contribution >= 4 is 17.4 Å². The molecule has 0 aliphatic carbocycles. The summed E-state index contributed by atoms with van der Waals surface area (Å²) in [7, 11) is 0. The van der Waals surface area contributed by atoms with Crippen molar-refractivity contribution < 1.29 is 0 Å². The van der Waals surface area contributed by atoms with E-state index in [0.717, 1.165) is 11.4 Å². The maximum atomic E-state index is 5.75. The molecule has 1 N–H and O–H groups in total. The Morgan fingerprint density at radius 2 is 2.00 bits per heavy atom. The van der Waals surface area contributed by atoms with E-state index >= 15 is 0 Å². The number of aryl methyl sites for hydroxylation is 1. The molecule has 0 spiro atoms. The fourth-order valence-corrected chi connectivity index (χ4v) is 1.12. The quantitative estimate of drug-likeness (QED) is 0.788. The van der Waals surface area contributed by atoms with E-state index in [1.54, 1.807) is 6.20 Å². The van der Waals surface area contributed by atoms with Gasteiger partial charge in [0.15, 0.2) is 0 Å². The molecule has 0 aliphatic heterocycles. The van der Waals surface area contributed by atoms with E-state index in [9.17, 15) is 0 Å². The van der Waals surface area contributed by atoms with Gasteiger partial charge in [-0.15, -0.1) is 0 Å². The average Bonchev–Trinajstić information content (AvgIpc) is 2.09. The number of rotatable bonds is 2. The van der Waals surface area contributed by atoms with Gasteiger partial charge in [-0.3, -0.25) is 0 Å². The van der Waals surface area contributed by atoms with Crippen LogP contribution in [-0.2, 0) is 0 Å². The number of halogens is 1. The third-order valence-electron chi connectivity index (χ3n) is 2.59. The summed E-state index contributed by atoms with van der Waals surface area (Å²) in [5.41, 5.74) is 1.19. The normalized spacial score (nSPS) is 13.7. The van der Waals surface area contributed by atoms with Crippen LogP contribution in [0.2, 0.25) is 5.28 Å². The second-order valence-corrected chi connectivity index (χ2v) is 5.24. The van der Waals surface area contributed by atoms with Crippen molar-refractivity contribution in [2.45, 2.75) is 40.7 Å². The highest BCUT2D eigenvalue weighted by Crippen LogP contribution is 2.23. The van der Waals surface area contributed by atoms with Gasteiger partial charge in [0, 0.05) is 17.8 Å². The standard InChI is InChI=1S/C11H18ClN3/c1-7-6-13-10(12)15-9(7)14-8(2)11(3,4)5/h6,8H,1-5H3,(H,13,14,15). The largest absolute Gasteiger partial charge is 0.367 e. The third-order valence-corrected chi connectivity index (χ3v) is 2.78. The molecule has 1 unspecified atom stereocenters. The average molecular weight is 228 g/mol. The molecule has 0 amide bonds. The van der Waals surface area contributed by atoms with Crippen molar-refractivity contribution in [1.82, 2.24) is 9.97 Å². The fourth-order valence-electron chi connectivity index (χ4n) is 0.988. The molecule has 84 valence electrons. The first-order chi connectivity index (χ1) is 6.80. The first-order valence-electron chi connectivity index (χ1n) is 5.06. The van der Waals surface area contributed by atoms with Crippen LogP contribution in [0.5, 0.6) is 0 Å².